The van der Waals surface area contributed by atoms with Gasteiger partial charge in [-0.25, -0.2) is 9.97 Å². The average molecular weight is 414 g/mol. The fourth-order valence-corrected chi connectivity index (χ4v) is 4.51. The van der Waals surface area contributed by atoms with Crippen molar-refractivity contribution in [3.05, 3.63) is 76.9 Å². The van der Waals surface area contributed by atoms with E-state index in [1.165, 1.54) is 0 Å². The highest BCUT2D eigenvalue weighted by molar-refractivity contribution is 7.18. The molecule has 1 amide bonds. The van der Waals surface area contributed by atoms with Gasteiger partial charge in [0.05, 0.1) is 39.1 Å². The van der Waals surface area contributed by atoms with Crippen LogP contribution in [0.3, 0.4) is 0 Å². The van der Waals surface area contributed by atoms with Crippen molar-refractivity contribution in [3.8, 4) is 11.3 Å². The minimum atomic E-state index is -0.120. The lowest BCUT2D eigenvalue weighted by atomic mass is 10.0. The molecule has 5 rings (SSSR count). The predicted octanol–water partition coefficient (Wildman–Crippen LogP) is 5.08. The summed E-state index contributed by atoms with van der Waals surface area (Å²) in [4.78, 5) is 24.3. The number of aromatic nitrogens is 3. The molecule has 30 heavy (non-hydrogen) atoms. The van der Waals surface area contributed by atoms with Crippen LogP contribution in [0.4, 0.5) is 0 Å². The molecule has 3 heterocycles. The van der Waals surface area contributed by atoms with Crippen molar-refractivity contribution in [1.29, 1.82) is 0 Å². The van der Waals surface area contributed by atoms with Gasteiger partial charge >= 0.3 is 0 Å². The molecule has 3 aromatic heterocycles. The van der Waals surface area contributed by atoms with Crippen LogP contribution in [0.25, 0.3) is 32.6 Å². The van der Waals surface area contributed by atoms with Crippen molar-refractivity contribution in [3.63, 3.8) is 0 Å². The summed E-state index contributed by atoms with van der Waals surface area (Å²) in [6.45, 7) is 2.24. The Labute approximate surface area is 176 Å². The van der Waals surface area contributed by atoms with E-state index in [4.69, 9.17) is 4.52 Å². The van der Waals surface area contributed by atoms with Gasteiger partial charge in [0.25, 0.3) is 11.6 Å². The fraction of sp³-hybridized carbons (Fsp3) is 0.130. The zero-order valence-corrected chi connectivity index (χ0v) is 17.3. The third-order valence-corrected chi connectivity index (χ3v) is 6.00. The van der Waals surface area contributed by atoms with Crippen LogP contribution in [0, 0.1) is 6.92 Å². The third-order valence-electron chi connectivity index (χ3n) is 4.97. The first-order valence-electron chi connectivity index (χ1n) is 9.52. The second-order valence-electron chi connectivity index (χ2n) is 7.11. The summed E-state index contributed by atoms with van der Waals surface area (Å²) >= 11 is 1.60. The lowest BCUT2D eigenvalue weighted by Crippen LogP contribution is -2.26. The van der Waals surface area contributed by atoms with Gasteiger partial charge in [0.2, 0.25) is 0 Å². The molecule has 0 atom stereocenters. The Bertz CT molecular complexity index is 1340. The summed E-state index contributed by atoms with van der Waals surface area (Å²) in [5.74, 6) is -0.120. The number of carbonyl (C=O) groups is 1. The van der Waals surface area contributed by atoms with Crippen molar-refractivity contribution in [2.45, 2.75) is 13.5 Å². The minimum absolute atomic E-state index is 0.120. The lowest BCUT2D eigenvalue weighted by molar-refractivity contribution is 0.0787. The molecule has 0 spiro atoms. The molecule has 0 aliphatic rings. The average Bonchev–Trinajstić information content (AvgIpc) is 3.36. The summed E-state index contributed by atoms with van der Waals surface area (Å²) in [5.41, 5.74) is 4.08. The van der Waals surface area contributed by atoms with Gasteiger partial charge in [-0.05, 0) is 25.1 Å². The molecule has 0 saturated heterocycles. The zero-order valence-electron chi connectivity index (χ0n) is 16.5. The van der Waals surface area contributed by atoms with E-state index in [-0.39, 0.29) is 5.91 Å². The first kappa shape index (κ1) is 18.4. The molecule has 0 bridgehead atoms. The van der Waals surface area contributed by atoms with Crippen molar-refractivity contribution >= 4 is 38.6 Å². The van der Waals surface area contributed by atoms with Gasteiger partial charge < -0.3 is 9.42 Å². The SMILES string of the molecule is Cc1noc2nc(-c3ccccc3)cc(C(=O)N(C)Cc3nc4ccccc4s3)c12. The molecule has 0 radical (unpaired) electrons. The first-order chi connectivity index (χ1) is 14.6. The van der Waals surface area contributed by atoms with Gasteiger partial charge in [0.1, 0.15) is 5.01 Å². The number of benzene rings is 2. The van der Waals surface area contributed by atoms with E-state index in [2.05, 4.69) is 15.1 Å². The molecule has 0 aliphatic heterocycles. The smallest absolute Gasteiger partial charge is 0.259 e. The van der Waals surface area contributed by atoms with Crippen molar-refractivity contribution in [2.75, 3.05) is 7.05 Å². The number of carbonyl (C=O) groups excluding carboxylic acids is 1. The Balaban J connectivity index is 1.53. The summed E-state index contributed by atoms with van der Waals surface area (Å²) in [5, 5.41) is 5.57. The maximum absolute atomic E-state index is 13.4. The van der Waals surface area contributed by atoms with Crippen LogP contribution in [0.2, 0.25) is 0 Å². The van der Waals surface area contributed by atoms with Gasteiger partial charge in [0.15, 0.2) is 0 Å². The van der Waals surface area contributed by atoms with E-state index in [1.54, 1.807) is 23.3 Å². The van der Waals surface area contributed by atoms with Crippen LogP contribution in [0.15, 0.2) is 65.2 Å². The van der Waals surface area contributed by atoms with E-state index >= 15 is 0 Å². The predicted molar refractivity (Wildman–Crippen MR) is 117 cm³/mol. The van der Waals surface area contributed by atoms with Gasteiger partial charge in [-0.2, -0.15) is 0 Å². The summed E-state index contributed by atoms with van der Waals surface area (Å²) < 4.78 is 6.51. The number of nitrogens with zero attached hydrogens (tertiary/aromatic N) is 4. The topological polar surface area (TPSA) is 72.1 Å². The van der Waals surface area contributed by atoms with Gasteiger partial charge in [-0.1, -0.05) is 47.6 Å². The normalized spacial score (nSPS) is 11.3. The highest BCUT2D eigenvalue weighted by atomic mass is 32.1. The number of amides is 1. The number of fused-ring (bicyclic) bond motifs is 2. The fourth-order valence-electron chi connectivity index (χ4n) is 3.49. The lowest BCUT2D eigenvalue weighted by Gasteiger charge is -2.16. The monoisotopic (exact) mass is 414 g/mol. The second kappa shape index (κ2) is 7.35. The summed E-state index contributed by atoms with van der Waals surface area (Å²) in [7, 11) is 1.78. The van der Waals surface area contributed by atoms with Crippen LogP contribution in [-0.4, -0.2) is 33.0 Å². The van der Waals surface area contributed by atoms with E-state index < -0.39 is 0 Å². The van der Waals surface area contributed by atoms with Crippen molar-refractivity contribution < 1.29 is 9.32 Å². The largest absolute Gasteiger partial charge is 0.335 e. The van der Waals surface area contributed by atoms with Crippen LogP contribution < -0.4 is 0 Å². The molecule has 6 nitrogen and oxygen atoms in total. The molecule has 2 aromatic carbocycles. The van der Waals surface area contributed by atoms with Gasteiger partial charge in [-0.3, -0.25) is 4.79 Å². The maximum atomic E-state index is 13.4. The van der Waals surface area contributed by atoms with E-state index in [1.807, 2.05) is 67.6 Å². The Morgan fingerprint density at radius 1 is 1.07 bits per heavy atom. The van der Waals surface area contributed by atoms with Gasteiger partial charge in [0, 0.05) is 12.6 Å². The minimum Gasteiger partial charge on any atom is -0.335 e. The molecule has 0 saturated carbocycles. The quantitative estimate of drug-likeness (QED) is 0.410. The molecule has 0 aliphatic carbocycles. The highest BCUT2D eigenvalue weighted by Gasteiger charge is 2.22. The van der Waals surface area contributed by atoms with Crippen LogP contribution in [-0.2, 0) is 6.54 Å². The number of thiazole rings is 1. The van der Waals surface area contributed by atoms with Crippen molar-refractivity contribution in [1.82, 2.24) is 20.0 Å². The standard InChI is InChI=1S/C23H18N4O2S/c1-14-21-16(12-18(25-22(21)29-26-14)15-8-4-3-5-9-15)23(28)27(2)13-20-24-17-10-6-7-11-19(17)30-20/h3-12H,13H2,1-2H3. The number of hydrogen-bond donors (Lipinski definition) is 0. The Morgan fingerprint density at radius 3 is 2.63 bits per heavy atom. The number of hydrogen-bond acceptors (Lipinski definition) is 6. The van der Waals surface area contributed by atoms with Gasteiger partial charge in [-0.15, -0.1) is 11.3 Å². The molecule has 148 valence electrons. The zero-order chi connectivity index (χ0) is 20.7. The van der Waals surface area contributed by atoms with Crippen LogP contribution in [0.5, 0.6) is 0 Å². The molecule has 0 unspecified atom stereocenters. The number of para-hydroxylation sites is 1. The van der Waals surface area contributed by atoms with Crippen LogP contribution >= 0.6 is 11.3 Å². The summed E-state index contributed by atoms with van der Waals surface area (Å²) in [6.07, 6.45) is 0. The first-order valence-corrected chi connectivity index (χ1v) is 10.3. The highest BCUT2D eigenvalue weighted by Crippen LogP contribution is 2.29. The number of pyridine rings is 1. The van der Waals surface area contributed by atoms with E-state index in [0.717, 1.165) is 20.8 Å². The molecule has 5 aromatic rings. The Kier molecular flexibility index (Phi) is 4.52. The molecular formula is C23H18N4O2S. The van der Waals surface area contributed by atoms with Crippen LogP contribution in [0.1, 0.15) is 21.1 Å². The molecule has 7 heteroatoms. The summed E-state index contributed by atoms with van der Waals surface area (Å²) in [6, 6.07) is 19.5. The molecule has 0 N–H and O–H groups in total. The Hall–Kier alpha value is -3.58. The van der Waals surface area contributed by atoms with Crippen molar-refractivity contribution in [2.24, 2.45) is 0 Å². The number of rotatable bonds is 4. The maximum Gasteiger partial charge on any atom is 0.259 e. The second-order valence-corrected chi connectivity index (χ2v) is 8.22. The Morgan fingerprint density at radius 2 is 1.83 bits per heavy atom. The van der Waals surface area contributed by atoms with E-state index in [0.29, 0.717) is 34.6 Å². The number of aryl methyl sites for hydroxylation is 1. The van der Waals surface area contributed by atoms with E-state index in [9.17, 15) is 4.79 Å². The molecule has 0 fully saturated rings. The third kappa shape index (κ3) is 3.23. The molecular weight excluding hydrogens is 396 g/mol.